The first-order valence-corrected chi connectivity index (χ1v) is 10.8. The number of fused-ring (bicyclic) bond motifs is 1. The molecule has 1 fully saturated rings. The predicted molar refractivity (Wildman–Crippen MR) is 119 cm³/mol. The lowest BCUT2D eigenvalue weighted by Crippen LogP contribution is -2.45. The van der Waals surface area contributed by atoms with E-state index in [1.165, 1.54) is 0 Å². The first-order chi connectivity index (χ1) is 15.0. The summed E-state index contributed by atoms with van der Waals surface area (Å²) < 4.78 is 11.1. The Bertz CT molecular complexity index is 942. The normalized spacial score (nSPS) is 18.4. The van der Waals surface area contributed by atoms with Crippen molar-refractivity contribution in [2.75, 3.05) is 49.7 Å². The summed E-state index contributed by atoms with van der Waals surface area (Å²) in [5, 5.41) is 0. The maximum Gasteiger partial charge on any atom is 0.267 e. The van der Waals surface area contributed by atoms with Crippen LogP contribution in [0.1, 0.15) is 18.9 Å². The standard InChI is InChI=1S/C24H29N3O4/c1-18-24(29)27(21-9-5-6-10-22(21)31-18)12-11-23(28)25(2)17-19-7-3-4-8-20(19)26-13-15-30-16-14-26/h3-10,18H,11-17H2,1-2H3/t18-/m1/s1. The fraction of sp³-hybridized carbons (Fsp3) is 0.417. The van der Waals surface area contributed by atoms with Crippen LogP contribution in [0.2, 0.25) is 0 Å². The zero-order valence-electron chi connectivity index (χ0n) is 18.1. The summed E-state index contributed by atoms with van der Waals surface area (Å²) in [5.41, 5.74) is 2.98. The number of rotatable bonds is 6. The predicted octanol–water partition coefficient (Wildman–Crippen LogP) is 2.69. The number of ether oxygens (including phenoxy) is 2. The summed E-state index contributed by atoms with van der Waals surface area (Å²) in [7, 11) is 1.82. The van der Waals surface area contributed by atoms with E-state index in [-0.39, 0.29) is 18.2 Å². The van der Waals surface area contributed by atoms with Gasteiger partial charge in [0, 0.05) is 45.3 Å². The number of para-hydroxylation sites is 3. The van der Waals surface area contributed by atoms with E-state index in [0.29, 0.717) is 18.8 Å². The SMILES string of the molecule is C[C@H]1Oc2ccccc2N(CCC(=O)N(C)Cc2ccccc2N2CCOCC2)C1=O. The minimum atomic E-state index is -0.553. The van der Waals surface area contributed by atoms with E-state index in [1.54, 1.807) is 16.7 Å². The Morgan fingerprint density at radius 1 is 1.06 bits per heavy atom. The molecule has 7 heteroatoms. The second-order valence-corrected chi connectivity index (χ2v) is 7.95. The number of hydrogen-bond acceptors (Lipinski definition) is 5. The molecule has 0 aromatic heterocycles. The zero-order chi connectivity index (χ0) is 21.8. The van der Waals surface area contributed by atoms with Crippen molar-refractivity contribution in [1.82, 2.24) is 4.90 Å². The smallest absolute Gasteiger partial charge is 0.267 e. The van der Waals surface area contributed by atoms with E-state index in [9.17, 15) is 9.59 Å². The van der Waals surface area contributed by atoms with Crippen molar-refractivity contribution in [2.24, 2.45) is 0 Å². The van der Waals surface area contributed by atoms with Crippen LogP contribution in [0.5, 0.6) is 5.75 Å². The third-order valence-electron chi connectivity index (χ3n) is 5.80. The molecular formula is C24H29N3O4. The highest BCUT2D eigenvalue weighted by Crippen LogP contribution is 2.33. The Labute approximate surface area is 183 Å². The molecule has 2 aromatic rings. The number of nitrogens with zero attached hydrogens (tertiary/aromatic N) is 3. The molecule has 7 nitrogen and oxygen atoms in total. The van der Waals surface area contributed by atoms with Crippen LogP contribution in [0.3, 0.4) is 0 Å². The van der Waals surface area contributed by atoms with Gasteiger partial charge in [-0.3, -0.25) is 9.59 Å². The molecule has 164 valence electrons. The molecule has 31 heavy (non-hydrogen) atoms. The van der Waals surface area contributed by atoms with Crippen LogP contribution in [0.4, 0.5) is 11.4 Å². The van der Waals surface area contributed by atoms with Gasteiger partial charge in [-0.05, 0) is 30.7 Å². The van der Waals surface area contributed by atoms with Crippen LogP contribution in [0.15, 0.2) is 48.5 Å². The van der Waals surface area contributed by atoms with E-state index >= 15 is 0 Å². The molecule has 2 heterocycles. The molecule has 2 amide bonds. The van der Waals surface area contributed by atoms with Gasteiger partial charge in [0.1, 0.15) is 5.75 Å². The van der Waals surface area contributed by atoms with Crippen LogP contribution in [-0.2, 0) is 20.9 Å². The molecule has 0 unspecified atom stereocenters. The number of carbonyl (C=O) groups excluding carboxylic acids is 2. The van der Waals surface area contributed by atoms with Gasteiger partial charge in [0.15, 0.2) is 6.10 Å². The molecule has 1 atom stereocenters. The first kappa shape index (κ1) is 21.2. The van der Waals surface area contributed by atoms with Gasteiger partial charge < -0.3 is 24.2 Å². The van der Waals surface area contributed by atoms with Gasteiger partial charge in [0.2, 0.25) is 5.91 Å². The maximum atomic E-state index is 12.9. The summed E-state index contributed by atoms with van der Waals surface area (Å²) in [5.74, 6) is 0.558. The quantitative estimate of drug-likeness (QED) is 0.715. The highest BCUT2D eigenvalue weighted by molar-refractivity contribution is 6.00. The maximum absolute atomic E-state index is 12.9. The molecule has 2 aromatic carbocycles. The number of benzene rings is 2. The van der Waals surface area contributed by atoms with Crippen molar-refractivity contribution >= 4 is 23.2 Å². The van der Waals surface area contributed by atoms with Crippen LogP contribution >= 0.6 is 0 Å². The van der Waals surface area contributed by atoms with E-state index in [4.69, 9.17) is 9.47 Å². The Morgan fingerprint density at radius 2 is 1.74 bits per heavy atom. The molecule has 2 aliphatic rings. The fourth-order valence-electron chi connectivity index (χ4n) is 4.09. The zero-order valence-corrected chi connectivity index (χ0v) is 18.1. The van der Waals surface area contributed by atoms with Crippen molar-refractivity contribution in [2.45, 2.75) is 26.0 Å². The molecular weight excluding hydrogens is 394 g/mol. The Kier molecular flexibility index (Phi) is 6.42. The molecule has 0 spiro atoms. The number of amides is 2. The van der Waals surface area contributed by atoms with Crippen LogP contribution in [0, 0.1) is 0 Å². The van der Waals surface area contributed by atoms with Crippen LogP contribution in [-0.4, -0.2) is 62.7 Å². The second kappa shape index (κ2) is 9.39. The lowest BCUT2D eigenvalue weighted by molar-refractivity contribution is -0.130. The highest BCUT2D eigenvalue weighted by atomic mass is 16.5. The number of carbonyl (C=O) groups is 2. The summed E-state index contributed by atoms with van der Waals surface area (Å²) in [4.78, 5) is 31.2. The lowest BCUT2D eigenvalue weighted by Gasteiger charge is -2.33. The molecule has 0 aliphatic carbocycles. The van der Waals surface area contributed by atoms with Crippen molar-refractivity contribution in [3.8, 4) is 5.75 Å². The summed E-state index contributed by atoms with van der Waals surface area (Å²) in [6.45, 7) is 5.74. The lowest BCUT2D eigenvalue weighted by atomic mass is 10.1. The van der Waals surface area contributed by atoms with E-state index in [1.807, 2.05) is 43.4 Å². The van der Waals surface area contributed by atoms with Gasteiger partial charge in [-0.15, -0.1) is 0 Å². The first-order valence-electron chi connectivity index (χ1n) is 10.8. The molecule has 2 aliphatic heterocycles. The van der Waals surface area contributed by atoms with Gasteiger partial charge in [-0.2, -0.15) is 0 Å². The molecule has 0 N–H and O–H groups in total. The largest absolute Gasteiger partial charge is 0.479 e. The fourth-order valence-corrected chi connectivity index (χ4v) is 4.09. The van der Waals surface area contributed by atoms with E-state index in [0.717, 1.165) is 43.2 Å². The minimum absolute atomic E-state index is 0.00112. The van der Waals surface area contributed by atoms with Crippen LogP contribution < -0.4 is 14.5 Å². The monoisotopic (exact) mass is 423 g/mol. The van der Waals surface area contributed by atoms with Gasteiger partial charge in [-0.1, -0.05) is 30.3 Å². The minimum Gasteiger partial charge on any atom is -0.479 e. The van der Waals surface area contributed by atoms with Crippen molar-refractivity contribution in [3.63, 3.8) is 0 Å². The van der Waals surface area contributed by atoms with Gasteiger partial charge >= 0.3 is 0 Å². The van der Waals surface area contributed by atoms with Crippen LogP contribution in [0.25, 0.3) is 0 Å². The number of morpholine rings is 1. The number of anilines is 2. The van der Waals surface area contributed by atoms with Crippen molar-refractivity contribution < 1.29 is 19.1 Å². The topological polar surface area (TPSA) is 62.3 Å². The average molecular weight is 424 g/mol. The average Bonchev–Trinajstić information content (AvgIpc) is 2.80. The van der Waals surface area contributed by atoms with E-state index < -0.39 is 6.10 Å². The molecule has 0 saturated carbocycles. The highest BCUT2D eigenvalue weighted by Gasteiger charge is 2.31. The molecule has 0 radical (unpaired) electrons. The van der Waals surface area contributed by atoms with Gasteiger partial charge in [0.25, 0.3) is 5.91 Å². The molecule has 4 rings (SSSR count). The Morgan fingerprint density at radius 3 is 2.52 bits per heavy atom. The van der Waals surface area contributed by atoms with Crippen molar-refractivity contribution in [1.29, 1.82) is 0 Å². The van der Waals surface area contributed by atoms with Gasteiger partial charge in [0.05, 0.1) is 18.9 Å². The summed E-state index contributed by atoms with van der Waals surface area (Å²) >= 11 is 0. The molecule has 0 bridgehead atoms. The van der Waals surface area contributed by atoms with E-state index in [2.05, 4.69) is 17.0 Å². The number of hydrogen-bond donors (Lipinski definition) is 0. The second-order valence-electron chi connectivity index (χ2n) is 7.95. The van der Waals surface area contributed by atoms with Crippen molar-refractivity contribution in [3.05, 3.63) is 54.1 Å². The third-order valence-corrected chi connectivity index (χ3v) is 5.80. The third kappa shape index (κ3) is 4.66. The summed E-state index contributed by atoms with van der Waals surface area (Å²) in [6, 6.07) is 15.6. The Balaban J connectivity index is 1.41. The molecule has 1 saturated heterocycles. The summed E-state index contributed by atoms with van der Waals surface area (Å²) in [6.07, 6.45) is -0.300. The van der Waals surface area contributed by atoms with Gasteiger partial charge in [-0.25, -0.2) is 0 Å². The Hall–Kier alpha value is -3.06.